The Kier molecular flexibility index (Phi) is 5.01. The highest BCUT2D eigenvalue weighted by Gasteiger charge is 2.23. The Bertz CT molecular complexity index is 1100. The topological polar surface area (TPSA) is 12.0 Å². The highest BCUT2D eigenvalue weighted by molar-refractivity contribution is 9.10. The number of benzene rings is 2. The highest BCUT2D eigenvalue weighted by atomic mass is 79.9. The predicted molar refractivity (Wildman–Crippen MR) is 122 cm³/mol. The standard InChI is InChI=1S/C18H14BrF.C8H9N/c19-18-10-12(20)9-17-15-6-5-11-3-1-2-4-13(11)14(15)7-8-16(17)18;1-3-8-4-2-7(1)5-6-9-8/h1,3,5-6,9-10H,2,4,7-8H2;1,3,5-6,9H,2,4H2. The fourth-order valence-electron chi connectivity index (χ4n) is 4.65. The second-order valence-corrected chi connectivity index (χ2v) is 8.78. The Hall–Kier alpha value is -2.39. The van der Waals surface area contributed by atoms with Crippen molar-refractivity contribution in [3.63, 3.8) is 0 Å². The number of hydrogen-bond acceptors (Lipinski definition) is 1. The van der Waals surface area contributed by atoms with Crippen molar-refractivity contribution in [2.45, 2.75) is 38.5 Å². The summed E-state index contributed by atoms with van der Waals surface area (Å²) in [5.74, 6) is -0.166. The summed E-state index contributed by atoms with van der Waals surface area (Å²) in [7, 11) is 0. The van der Waals surface area contributed by atoms with Gasteiger partial charge >= 0.3 is 0 Å². The van der Waals surface area contributed by atoms with E-state index < -0.39 is 0 Å². The minimum Gasteiger partial charge on any atom is -0.365 e. The summed E-state index contributed by atoms with van der Waals surface area (Å²) >= 11 is 3.51. The zero-order chi connectivity index (χ0) is 19.8. The Morgan fingerprint density at radius 1 is 0.828 bits per heavy atom. The Labute approximate surface area is 179 Å². The fourth-order valence-corrected chi connectivity index (χ4v) is 5.28. The number of fused-ring (bicyclic) bond motifs is 8. The summed E-state index contributed by atoms with van der Waals surface area (Å²) in [6.07, 6.45) is 19.6. The van der Waals surface area contributed by atoms with Crippen LogP contribution in [-0.2, 0) is 19.3 Å². The number of allylic oxidation sites excluding steroid dienone is 6. The Morgan fingerprint density at radius 3 is 2.59 bits per heavy atom. The van der Waals surface area contributed by atoms with E-state index in [-0.39, 0.29) is 5.82 Å². The second-order valence-electron chi connectivity index (χ2n) is 7.93. The summed E-state index contributed by atoms with van der Waals surface area (Å²) in [4.78, 5) is 0. The van der Waals surface area contributed by atoms with Gasteiger partial charge in [0.15, 0.2) is 0 Å². The molecule has 1 nitrogen and oxygen atoms in total. The van der Waals surface area contributed by atoms with Gasteiger partial charge in [-0.2, -0.15) is 0 Å². The number of rotatable bonds is 0. The minimum atomic E-state index is -0.166. The van der Waals surface area contributed by atoms with Crippen LogP contribution in [0.25, 0.3) is 17.2 Å². The molecule has 0 amide bonds. The van der Waals surface area contributed by atoms with Gasteiger partial charge in [0.05, 0.1) is 0 Å². The molecule has 2 bridgehead atoms. The first kappa shape index (κ1) is 18.6. The van der Waals surface area contributed by atoms with Crippen LogP contribution in [0.2, 0.25) is 0 Å². The van der Waals surface area contributed by atoms with Crippen molar-refractivity contribution in [2.24, 2.45) is 0 Å². The van der Waals surface area contributed by atoms with Crippen LogP contribution < -0.4 is 5.32 Å². The molecule has 29 heavy (non-hydrogen) atoms. The lowest BCUT2D eigenvalue weighted by Crippen LogP contribution is -2.10. The molecule has 0 spiro atoms. The van der Waals surface area contributed by atoms with Crippen molar-refractivity contribution in [1.29, 1.82) is 0 Å². The van der Waals surface area contributed by atoms with Gasteiger partial charge in [0.1, 0.15) is 5.82 Å². The van der Waals surface area contributed by atoms with Gasteiger partial charge in [0.25, 0.3) is 0 Å². The number of halogens is 2. The molecule has 0 saturated heterocycles. The molecule has 146 valence electrons. The third-order valence-electron chi connectivity index (χ3n) is 6.15. The van der Waals surface area contributed by atoms with Crippen molar-refractivity contribution < 1.29 is 4.39 Å². The summed E-state index contributed by atoms with van der Waals surface area (Å²) in [6, 6.07) is 7.60. The maximum atomic E-state index is 13.7. The van der Waals surface area contributed by atoms with Gasteiger partial charge < -0.3 is 5.32 Å². The second kappa shape index (κ2) is 7.79. The van der Waals surface area contributed by atoms with Crippen LogP contribution in [0.15, 0.2) is 70.5 Å². The lowest BCUT2D eigenvalue weighted by molar-refractivity contribution is 0.626. The number of hydrogen-bond donors (Lipinski definition) is 1. The summed E-state index contributed by atoms with van der Waals surface area (Å²) < 4.78 is 14.6. The highest BCUT2D eigenvalue weighted by Crippen LogP contribution is 2.41. The monoisotopic (exact) mass is 447 g/mol. The van der Waals surface area contributed by atoms with Crippen LogP contribution in [0, 0.1) is 5.82 Å². The molecule has 2 aromatic carbocycles. The molecule has 3 heteroatoms. The van der Waals surface area contributed by atoms with Gasteiger partial charge in [-0.25, -0.2) is 4.39 Å². The van der Waals surface area contributed by atoms with Crippen LogP contribution in [0.3, 0.4) is 0 Å². The third kappa shape index (κ3) is 3.64. The lowest BCUT2D eigenvalue weighted by atomic mass is 9.79. The fraction of sp³-hybridized carbons (Fsp3) is 0.231. The van der Waals surface area contributed by atoms with Crippen LogP contribution in [-0.4, -0.2) is 0 Å². The van der Waals surface area contributed by atoms with E-state index in [4.69, 9.17) is 0 Å². The molecular weight excluding hydrogens is 425 g/mol. The summed E-state index contributed by atoms with van der Waals surface area (Å²) in [6.45, 7) is 0. The molecule has 7 rings (SSSR count). The van der Waals surface area contributed by atoms with Crippen molar-refractivity contribution in [2.75, 3.05) is 0 Å². The molecule has 2 heterocycles. The molecular formula is C26H23BrFN. The zero-order valence-electron chi connectivity index (χ0n) is 16.3. The normalized spacial score (nSPS) is 17.6. The van der Waals surface area contributed by atoms with E-state index in [0.717, 1.165) is 35.7 Å². The molecule has 0 atom stereocenters. The predicted octanol–water partition coefficient (Wildman–Crippen LogP) is 7.02. The maximum absolute atomic E-state index is 13.7. The summed E-state index contributed by atoms with van der Waals surface area (Å²) in [5, 5.41) is 3.20. The first-order chi connectivity index (χ1) is 14.2. The van der Waals surface area contributed by atoms with Gasteiger partial charge in [-0.15, -0.1) is 0 Å². The third-order valence-corrected chi connectivity index (χ3v) is 6.86. The van der Waals surface area contributed by atoms with Crippen LogP contribution in [0.5, 0.6) is 0 Å². The van der Waals surface area contributed by atoms with Gasteiger partial charge in [0.2, 0.25) is 0 Å². The maximum Gasteiger partial charge on any atom is 0.124 e. The van der Waals surface area contributed by atoms with Crippen molar-refractivity contribution in [3.8, 4) is 11.1 Å². The molecule has 0 saturated carbocycles. The molecule has 2 aromatic rings. The lowest BCUT2D eigenvalue weighted by Gasteiger charge is -2.26. The average molecular weight is 448 g/mol. The molecule has 2 aliphatic heterocycles. The zero-order valence-corrected chi connectivity index (χ0v) is 17.9. The van der Waals surface area contributed by atoms with Crippen LogP contribution in [0.1, 0.15) is 41.5 Å². The average Bonchev–Trinajstić information content (AvgIpc) is 3.11. The largest absolute Gasteiger partial charge is 0.365 e. The molecule has 0 unspecified atom stereocenters. The van der Waals surface area contributed by atoms with E-state index in [0.29, 0.717) is 0 Å². The van der Waals surface area contributed by atoms with Crippen molar-refractivity contribution in [1.82, 2.24) is 5.32 Å². The quantitative estimate of drug-likeness (QED) is 0.457. The molecule has 3 aliphatic carbocycles. The molecule has 1 N–H and O–H groups in total. The Morgan fingerprint density at radius 2 is 1.72 bits per heavy atom. The van der Waals surface area contributed by atoms with E-state index in [9.17, 15) is 4.39 Å². The van der Waals surface area contributed by atoms with E-state index in [1.807, 2.05) is 6.20 Å². The van der Waals surface area contributed by atoms with E-state index >= 15 is 0 Å². The summed E-state index contributed by atoms with van der Waals surface area (Å²) in [5.41, 5.74) is 10.5. The van der Waals surface area contributed by atoms with E-state index in [1.165, 1.54) is 51.9 Å². The molecule has 0 fully saturated rings. The minimum absolute atomic E-state index is 0.166. The van der Waals surface area contributed by atoms with Crippen LogP contribution >= 0.6 is 15.9 Å². The molecule has 0 radical (unpaired) electrons. The Balaban J connectivity index is 0.000000168. The van der Waals surface area contributed by atoms with E-state index in [1.54, 1.807) is 12.1 Å². The van der Waals surface area contributed by atoms with Gasteiger partial charge in [-0.05, 0) is 102 Å². The van der Waals surface area contributed by atoms with E-state index in [2.05, 4.69) is 63.8 Å². The number of nitrogens with one attached hydrogen (secondary N) is 1. The van der Waals surface area contributed by atoms with Gasteiger partial charge in [-0.1, -0.05) is 46.3 Å². The first-order valence-corrected chi connectivity index (χ1v) is 11.1. The molecule has 5 aliphatic rings. The van der Waals surface area contributed by atoms with Crippen molar-refractivity contribution >= 4 is 22.0 Å². The van der Waals surface area contributed by atoms with Crippen LogP contribution in [0.4, 0.5) is 4.39 Å². The van der Waals surface area contributed by atoms with Gasteiger partial charge in [0, 0.05) is 16.4 Å². The smallest absolute Gasteiger partial charge is 0.124 e. The van der Waals surface area contributed by atoms with Crippen molar-refractivity contribution in [3.05, 3.63) is 98.6 Å². The SMILES string of the molecule is C1=CC2=CC=C(CC2)N1.Fc1cc(Br)c2c(c1)-c1ccc3c(c1CC2)CCC=C3. The molecule has 0 aromatic heterocycles. The first-order valence-electron chi connectivity index (χ1n) is 10.3. The van der Waals surface area contributed by atoms with Gasteiger partial charge in [-0.3, -0.25) is 0 Å².